The van der Waals surface area contributed by atoms with Crippen molar-refractivity contribution in [3.63, 3.8) is 0 Å². The lowest BCUT2D eigenvalue weighted by molar-refractivity contribution is 0.393. The molecule has 0 aliphatic carbocycles. The highest BCUT2D eigenvalue weighted by atomic mass is 79.9. The summed E-state index contributed by atoms with van der Waals surface area (Å²) >= 11 is 3.37. The minimum atomic E-state index is -0.443. The number of methoxy groups -OCH3 is 2. The molecule has 2 heterocycles. The van der Waals surface area contributed by atoms with Crippen molar-refractivity contribution in [1.82, 2.24) is 14.5 Å². The maximum Gasteiger partial charge on any atom is 0.350 e. The molecule has 2 aromatic heterocycles. The molecule has 3 rings (SSSR count). The number of hydrogen-bond donors (Lipinski definition) is 1. The number of pyridine rings is 1. The van der Waals surface area contributed by atoms with Gasteiger partial charge in [-0.05, 0) is 39.7 Å². The number of halogens is 1. The van der Waals surface area contributed by atoms with Gasteiger partial charge < -0.3 is 15.2 Å². The number of rotatable bonds is 4. The predicted octanol–water partition coefficient (Wildman–Crippen LogP) is 2.20. The Hall–Kier alpha value is -2.61. The molecule has 0 saturated heterocycles. The molecule has 0 amide bonds. The van der Waals surface area contributed by atoms with Gasteiger partial charge in [-0.3, -0.25) is 4.57 Å². The first-order valence-corrected chi connectivity index (χ1v) is 7.84. The summed E-state index contributed by atoms with van der Waals surface area (Å²) in [6.45, 7) is 0.286. The summed E-state index contributed by atoms with van der Waals surface area (Å²) in [4.78, 5) is 20.5. The van der Waals surface area contributed by atoms with Gasteiger partial charge in [0.15, 0.2) is 5.82 Å². The molecule has 1 aromatic carbocycles. The van der Waals surface area contributed by atoms with E-state index in [0.29, 0.717) is 22.5 Å². The minimum Gasteiger partial charge on any atom is -0.497 e. The fourth-order valence-corrected chi connectivity index (χ4v) is 2.76. The molecule has 0 aliphatic rings. The average molecular weight is 391 g/mol. The van der Waals surface area contributed by atoms with Gasteiger partial charge in [0.25, 0.3) is 0 Å². The summed E-state index contributed by atoms with van der Waals surface area (Å²) in [5.41, 5.74) is 7.29. The second-order valence-electron chi connectivity index (χ2n) is 5.11. The van der Waals surface area contributed by atoms with Crippen LogP contribution >= 0.6 is 15.9 Å². The van der Waals surface area contributed by atoms with Crippen LogP contribution in [0.4, 0.5) is 5.82 Å². The molecule has 7 nitrogen and oxygen atoms in total. The number of hydrogen-bond acceptors (Lipinski definition) is 6. The normalized spacial score (nSPS) is 10.8. The van der Waals surface area contributed by atoms with Crippen molar-refractivity contribution in [2.24, 2.45) is 0 Å². The van der Waals surface area contributed by atoms with E-state index in [1.54, 1.807) is 32.5 Å². The third kappa shape index (κ3) is 3.05. The predicted molar refractivity (Wildman–Crippen MR) is 94.6 cm³/mol. The van der Waals surface area contributed by atoms with E-state index in [1.807, 2.05) is 12.1 Å². The van der Waals surface area contributed by atoms with Gasteiger partial charge in [0, 0.05) is 16.7 Å². The fourth-order valence-electron chi connectivity index (χ4n) is 2.44. The Bertz CT molecular complexity index is 949. The van der Waals surface area contributed by atoms with Crippen LogP contribution < -0.4 is 20.9 Å². The largest absolute Gasteiger partial charge is 0.497 e. The van der Waals surface area contributed by atoms with Crippen molar-refractivity contribution < 1.29 is 9.47 Å². The Kier molecular flexibility index (Phi) is 4.39. The molecule has 0 bridgehead atoms. The Morgan fingerprint density at radius 3 is 2.46 bits per heavy atom. The van der Waals surface area contributed by atoms with Gasteiger partial charge in [0.1, 0.15) is 17.0 Å². The van der Waals surface area contributed by atoms with Crippen LogP contribution in [-0.4, -0.2) is 28.8 Å². The smallest absolute Gasteiger partial charge is 0.350 e. The molecule has 0 spiro atoms. The van der Waals surface area contributed by atoms with Crippen molar-refractivity contribution in [3.8, 4) is 11.5 Å². The van der Waals surface area contributed by atoms with E-state index in [-0.39, 0.29) is 12.4 Å². The van der Waals surface area contributed by atoms with E-state index >= 15 is 0 Å². The first-order valence-electron chi connectivity index (χ1n) is 7.05. The highest BCUT2D eigenvalue weighted by Gasteiger charge is 2.12. The third-order valence-electron chi connectivity index (χ3n) is 3.57. The van der Waals surface area contributed by atoms with Gasteiger partial charge in [0.05, 0.1) is 26.3 Å². The highest BCUT2D eigenvalue weighted by Crippen LogP contribution is 2.24. The number of anilines is 1. The lowest BCUT2D eigenvalue weighted by Gasteiger charge is -2.12. The number of ether oxygens (including phenoxy) is 2. The van der Waals surface area contributed by atoms with E-state index < -0.39 is 5.69 Å². The number of nitrogens with two attached hydrogens (primary N) is 1. The molecule has 124 valence electrons. The maximum absolute atomic E-state index is 12.3. The van der Waals surface area contributed by atoms with Gasteiger partial charge in [0.2, 0.25) is 0 Å². The molecular formula is C16H15BrN4O3. The first kappa shape index (κ1) is 16.3. The number of nitrogen functional groups attached to an aromatic ring is 1. The molecule has 24 heavy (non-hydrogen) atoms. The molecule has 8 heteroatoms. The van der Waals surface area contributed by atoms with Crippen molar-refractivity contribution in [3.05, 3.63) is 51.0 Å². The zero-order chi connectivity index (χ0) is 17.3. The van der Waals surface area contributed by atoms with Crippen molar-refractivity contribution >= 4 is 32.8 Å². The van der Waals surface area contributed by atoms with Crippen molar-refractivity contribution in [2.45, 2.75) is 6.54 Å². The Morgan fingerprint density at radius 1 is 1.17 bits per heavy atom. The van der Waals surface area contributed by atoms with E-state index in [1.165, 1.54) is 4.57 Å². The van der Waals surface area contributed by atoms with Crippen LogP contribution in [0.3, 0.4) is 0 Å². The van der Waals surface area contributed by atoms with Crippen molar-refractivity contribution in [2.75, 3.05) is 20.0 Å². The summed E-state index contributed by atoms with van der Waals surface area (Å²) in [5, 5.41) is 0. The molecule has 2 N–H and O–H groups in total. The van der Waals surface area contributed by atoms with Crippen LogP contribution in [0.2, 0.25) is 0 Å². The molecular weight excluding hydrogens is 376 g/mol. The van der Waals surface area contributed by atoms with Crippen LogP contribution in [0, 0.1) is 0 Å². The second-order valence-corrected chi connectivity index (χ2v) is 6.02. The Labute approximate surface area is 146 Å². The number of fused-ring (bicyclic) bond motifs is 1. The molecule has 0 radical (unpaired) electrons. The number of benzene rings is 1. The summed E-state index contributed by atoms with van der Waals surface area (Å²) < 4.78 is 12.8. The van der Waals surface area contributed by atoms with Crippen LogP contribution in [-0.2, 0) is 6.54 Å². The molecule has 0 fully saturated rings. The lowest BCUT2D eigenvalue weighted by atomic mass is 10.2. The van der Waals surface area contributed by atoms with Crippen LogP contribution in [0.5, 0.6) is 11.5 Å². The lowest BCUT2D eigenvalue weighted by Crippen LogP contribution is -2.25. The molecule has 3 aromatic rings. The van der Waals surface area contributed by atoms with Gasteiger partial charge >= 0.3 is 5.69 Å². The Morgan fingerprint density at radius 2 is 1.83 bits per heavy atom. The second kappa shape index (κ2) is 6.48. The van der Waals surface area contributed by atoms with Gasteiger partial charge in [-0.15, -0.1) is 0 Å². The number of aromatic nitrogens is 3. The average Bonchev–Trinajstić information content (AvgIpc) is 2.57. The van der Waals surface area contributed by atoms with E-state index in [4.69, 9.17) is 15.2 Å². The SMILES string of the molecule is COc1cc(Cn2c(=O)nc(N)c3ncc(Br)cc32)cc(OC)c1. The highest BCUT2D eigenvalue weighted by molar-refractivity contribution is 9.10. The van der Waals surface area contributed by atoms with Gasteiger partial charge in [-0.25, -0.2) is 9.78 Å². The van der Waals surface area contributed by atoms with E-state index in [9.17, 15) is 4.79 Å². The van der Waals surface area contributed by atoms with E-state index in [0.717, 1.165) is 10.0 Å². The standard InChI is InChI=1S/C16H15BrN4O3/c1-23-11-3-9(4-12(6-11)24-2)8-21-13-5-10(17)7-19-14(13)15(18)20-16(21)22/h3-7H,8H2,1-2H3,(H2,18,20,22). The van der Waals surface area contributed by atoms with E-state index in [2.05, 4.69) is 25.9 Å². The van der Waals surface area contributed by atoms with Gasteiger partial charge in [-0.2, -0.15) is 4.98 Å². The maximum atomic E-state index is 12.3. The molecule has 0 atom stereocenters. The molecule has 0 unspecified atom stereocenters. The Balaban J connectivity index is 2.17. The van der Waals surface area contributed by atoms with Crippen LogP contribution in [0.15, 0.2) is 39.7 Å². The number of nitrogens with zero attached hydrogens (tertiary/aromatic N) is 3. The topological polar surface area (TPSA) is 92.3 Å². The quantitative estimate of drug-likeness (QED) is 0.733. The first-order chi connectivity index (χ1) is 11.5. The summed E-state index contributed by atoms with van der Waals surface area (Å²) in [6.07, 6.45) is 1.61. The van der Waals surface area contributed by atoms with Gasteiger partial charge in [-0.1, -0.05) is 0 Å². The van der Waals surface area contributed by atoms with Crippen molar-refractivity contribution in [1.29, 1.82) is 0 Å². The zero-order valence-electron chi connectivity index (χ0n) is 13.1. The minimum absolute atomic E-state index is 0.113. The summed E-state index contributed by atoms with van der Waals surface area (Å²) in [5.74, 6) is 1.40. The molecule has 0 saturated carbocycles. The monoisotopic (exact) mass is 390 g/mol. The summed E-state index contributed by atoms with van der Waals surface area (Å²) in [7, 11) is 3.15. The zero-order valence-corrected chi connectivity index (χ0v) is 14.7. The van der Waals surface area contributed by atoms with Crippen LogP contribution in [0.1, 0.15) is 5.56 Å². The molecule has 0 aliphatic heterocycles. The fraction of sp³-hybridized carbons (Fsp3) is 0.188. The van der Waals surface area contributed by atoms with Crippen LogP contribution in [0.25, 0.3) is 11.0 Å². The third-order valence-corrected chi connectivity index (χ3v) is 4.00. The summed E-state index contributed by atoms with van der Waals surface area (Å²) in [6, 6.07) is 7.23.